The lowest BCUT2D eigenvalue weighted by Crippen LogP contribution is -2.05. The number of rotatable bonds is 9. The van der Waals surface area contributed by atoms with Crippen LogP contribution in [0.1, 0.15) is 49.0 Å². The Hall–Kier alpha value is -1.48. The second-order valence-corrected chi connectivity index (χ2v) is 4.64. The van der Waals surface area contributed by atoms with E-state index in [-0.39, 0.29) is 11.6 Å². The molecule has 0 saturated heterocycles. The molecule has 0 aromatic heterocycles. The van der Waals surface area contributed by atoms with Gasteiger partial charge in [-0.25, -0.2) is 0 Å². The number of Topliss-reactive ketones (excluding diaryl/α,β-unsaturated/α-hetero) is 2. The van der Waals surface area contributed by atoms with Gasteiger partial charge in [-0.1, -0.05) is 31.2 Å². The predicted octanol–water partition coefficient (Wildman–Crippen LogP) is 3.21. The Bertz CT molecular complexity index is 407. The van der Waals surface area contributed by atoms with Crippen molar-refractivity contribution >= 4 is 11.6 Å². The van der Waals surface area contributed by atoms with E-state index in [1.807, 2.05) is 24.3 Å². The Labute approximate surface area is 115 Å². The van der Waals surface area contributed by atoms with Crippen molar-refractivity contribution in [3.8, 4) is 0 Å². The largest absolute Gasteiger partial charge is 0.381 e. The summed E-state index contributed by atoms with van der Waals surface area (Å²) in [6.45, 7) is 4.63. The molecule has 19 heavy (non-hydrogen) atoms. The minimum Gasteiger partial charge on any atom is -0.381 e. The molecule has 0 bridgehead atoms. The fourth-order valence-corrected chi connectivity index (χ4v) is 1.72. The lowest BCUT2D eigenvalue weighted by atomic mass is 10.0. The quantitative estimate of drug-likeness (QED) is 0.507. The zero-order valence-corrected chi connectivity index (χ0v) is 11.8. The van der Waals surface area contributed by atoms with Gasteiger partial charge in [0, 0.05) is 25.0 Å². The summed E-state index contributed by atoms with van der Waals surface area (Å²) >= 11 is 0. The first-order valence-electron chi connectivity index (χ1n) is 6.82. The molecule has 3 nitrogen and oxygen atoms in total. The van der Waals surface area contributed by atoms with Gasteiger partial charge in [0.15, 0.2) is 5.78 Å². The van der Waals surface area contributed by atoms with Gasteiger partial charge >= 0.3 is 0 Å². The van der Waals surface area contributed by atoms with E-state index in [1.54, 1.807) is 6.92 Å². The number of carbonyl (C=O) groups is 2. The van der Waals surface area contributed by atoms with Crippen LogP contribution >= 0.6 is 0 Å². The third-order valence-electron chi connectivity index (χ3n) is 2.98. The SMILES string of the molecule is CCc1ccc(C(=O)CCCOCCC(C)=O)cc1. The molecule has 1 aromatic carbocycles. The Kier molecular flexibility index (Phi) is 7.04. The fourth-order valence-electron chi connectivity index (χ4n) is 1.72. The van der Waals surface area contributed by atoms with E-state index >= 15 is 0 Å². The molecule has 0 aliphatic carbocycles. The smallest absolute Gasteiger partial charge is 0.162 e. The van der Waals surface area contributed by atoms with Crippen LogP contribution in [-0.4, -0.2) is 24.8 Å². The van der Waals surface area contributed by atoms with Crippen molar-refractivity contribution in [2.24, 2.45) is 0 Å². The number of carbonyl (C=O) groups excluding carboxylic acids is 2. The van der Waals surface area contributed by atoms with E-state index in [9.17, 15) is 9.59 Å². The van der Waals surface area contributed by atoms with Crippen LogP contribution in [-0.2, 0) is 16.0 Å². The lowest BCUT2D eigenvalue weighted by molar-refractivity contribution is -0.118. The molecule has 0 amide bonds. The minimum absolute atomic E-state index is 0.132. The number of aryl methyl sites for hydroxylation is 1. The van der Waals surface area contributed by atoms with Gasteiger partial charge in [-0.15, -0.1) is 0 Å². The molecule has 1 aromatic rings. The maximum absolute atomic E-state index is 11.9. The second kappa shape index (κ2) is 8.59. The summed E-state index contributed by atoms with van der Waals surface area (Å²) < 4.78 is 5.29. The van der Waals surface area contributed by atoms with Crippen LogP contribution in [0.15, 0.2) is 24.3 Å². The van der Waals surface area contributed by atoms with Crippen molar-refractivity contribution < 1.29 is 14.3 Å². The van der Waals surface area contributed by atoms with Gasteiger partial charge in [0.2, 0.25) is 0 Å². The highest BCUT2D eigenvalue weighted by Crippen LogP contribution is 2.08. The lowest BCUT2D eigenvalue weighted by Gasteiger charge is -2.04. The van der Waals surface area contributed by atoms with Gasteiger partial charge in [0.25, 0.3) is 0 Å². The summed E-state index contributed by atoms with van der Waals surface area (Å²) in [6.07, 6.45) is 2.63. The van der Waals surface area contributed by atoms with Crippen molar-refractivity contribution in [1.82, 2.24) is 0 Å². The van der Waals surface area contributed by atoms with E-state index in [0.29, 0.717) is 32.5 Å². The molecule has 0 saturated carbocycles. The number of hydrogen-bond donors (Lipinski definition) is 0. The number of ether oxygens (including phenoxy) is 1. The van der Waals surface area contributed by atoms with Gasteiger partial charge in [-0.05, 0) is 25.3 Å². The van der Waals surface area contributed by atoms with E-state index in [0.717, 1.165) is 12.0 Å². The van der Waals surface area contributed by atoms with E-state index < -0.39 is 0 Å². The van der Waals surface area contributed by atoms with Crippen LogP contribution in [0.2, 0.25) is 0 Å². The van der Waals surface area contributed by atoms with Gasteiger partial charge in [0.05, 0.1) is 6.61 Å². The third-order valence-corrected chi connectivity index (χ3v) is 2.98. The maximum atomic E-state index is 11.9. The van der Waals surface area contributed by atoms with Crippen molar-refractivity contribution in [1.29, 1.82) is 0 Å². The molecular weight excluding hydrogens is 240 g/mol. The molecule has 1 rings (SSSR count). The van der Waals surface area contributed by atoms with Gasteiger partial charge < -0.3 is 4.74 Å². The van der Waals surface area contributed by atoms with E-state index in [2.05, 4.69) is 6.92 Å². The number of benzene rings is 1. The number of ketones is 2. The zero-order valence-electron chi connectivity index (χ0n) is 11.8. The molecule has 0 atom stereocenters. The Morgan fingerprint density at radius 1 is 1.05 bits per heavy atom. The van der Waals surface area contributed by atoms with Crippen LogP contribution in [0.4, 0.5) is 0 Å². The summed E-state index contributed by atoms with van der Waals surface area (Å²) in [7, 11) is 0. The monoisotopic (exact) mass is 262 g/mol. The van der Waals surface area contributed by atoms with E-state index in [1.165, 1.54) is 5.56 Å². The molecule has 0 unspecified atom stereocenters. The number of hydrogen-bond acceptors (Lipinski definition) is 3. The second-order valence-electron chi connectivity index (χ2n) is 4.64. The van der Waals surface area contributed by atoms with Crippen molar-refractivity contribution in [3.05, 3.63) is 35.4 Å². The Balaban J connectivity index is 2.21. The van der Waals surface area contributed by atoms with Crippen LogP contribution in [0.5, 0.6) is 0 Å². The fraction of sp³-hybridized carbons (Fsp3) is 0.500. The Morgan fingerprint density at radius 3 is 2.32 bits per heavy atom. The van der Waals surface area contributed by atoms with Crippen molar-refractivity contribution in [2.45, 2.75) is 39.5 Å². The van der Waals surface area contributed by atoms with Crippen LogP contribution in [0.25, 0.3) is 0 Å². The minimum atomic E-state index is 0.132. The molecule has 104 valence electrons. The van der Waals surface area contributed by atoms with Gasteiger partial charge in [0.1, 0.15) is 5.78 Å². The first-order chi connectivity index (χ1) is 9.13. The highest BCUT2D eigenvalue weighted by molar-refractivity contribution is 5.96. The third kappa shape index (κ3) is 6.30. The van der Waals surface area contributed by atoms with E-state index in [4.69, 9.17) is 4.74 Å². The van der Waals surface area contributed by atoms with Crippen LogP contribution in [0, 0.1) is 0 Å². The Morgan fingerprint density at radius 2 is 1.74 bits per heavy atom. The molecule has 0 N–H and O–H groups in total. The molecule has 0 heterocycles. The van der Waals surface area contributed by atoms with Crippen molar-refractivity contribution in [3.63, 3.8) is 0 Å². The predicted molar refractivity (Wildman–Crippen MR) is 75.5 cm³/mol. The molecular formula is C16H22O3. The van der Waals surface area contributed by atoms with Gasteiger partial charge in [-0.3, -0.25) is 9.59 Å². The van der Waals surface area contributed by atoms with Crippen molar-refractivity contribution in [2.75, 3.05) is 13.2 Å². The highest BCUT2D eigenvalue weighted by Gasteiger charge is 2.05. The summed E-state index contributed by atoms with van der Waals surface area (Å²) in [4.78, 5) is 22.6. The summed E-state index contributed by atoms with van der Waals surface area (Å²) in [5.74, 6) is 0.282. The molecule has 3 heteroatoms. The average molecular weight is 262 g/mol. The van der Waals surface area contributed by atoms with Gasteiger partial charge in [-0.2, -0.15) is 0 Å². The maximum Gasteiger partial charge on any atom is 0.162 e. The molecule has 0 radical (unpaired) electrons. The van der Waals surface area contributed by atoms with Crippen LogP contribution < -0.4 is 0 Å². The first kappa shape index (κ1) is 15.6. The summed E-state index contributed by atoms with van der Waals surface area (Å²) in [5.41, 5.74) is 2.00. The summed E-state index contributed by atoms with van der Waals surface area (Å²) in [6, 6.07) is 7.77. The average Bonchev–Trinajstić information content (AvgIpc) is 2.42. The molecule has 0 aliphatic rings. The molecule has 0 fully saturated rings. The molecule has 0 aliphatic heterocycles. The zero-order chi connectivity index (χ0) is 14.1. The van der Waals surface area contributed by atoms with Crippen LogP contribution in [0.3, 0.4) is 0 Å². The highest BCUT2D eigenvalue weighted by atomic mass is 16.5. The standard InChI is InChI=1S/C16H22O3/c1-3-14-6-8-15(9-7-14)16(18)5-4-11-19-12-10-13(2)17/h6-9H,3-5,10-12H2,1-2H3. The first-order valence-corrected chi connectivity index (χ1v) is 6.82. The summed E-state index contributed by atoms with van der Waals surface area (Å²) in [5, 5.41) is 0. The topological polar surface area (TPSA) is 43.4 Å². The molecule has 0 spiro atoms. The normalized spacial score (nSPS) is 10.4.